The van der Waals surface area contributed by atoms with Gasteiger partial charge in [0.25, 0.3) is 0 Å². The highest BCUT2D eigenvalue weighted by Gasteiger charge is 2.34. The number of likely N-dealkylation sites (N-methyl/N-ethyl adjacent to an activating group) is 1. The minimum Gasteiger partial charge on any atom is -0.506 e. The summed E-state index contributed by atoms with van der Waals surface area (Å²) in [6.45, 7) is 4.85. The Morgan fingerprint density at radius 1 is 1.00 bits per heavy atom. The maximum absolute atomic E-state index is 13.7. The number of fused-ring (bicyclic) bond motifs is 1. The molecule has 236 valence electrons. The summed E-state index contributed by atoms with van der Waals surface area (Å²) in [5.41, 5.74) is 2.20. The highest BCUT2D eigenvalue weighted by atomic mass is 79.9. The van der Waals surface area contributed by atoms with Crippen LogP contribution in [0.2, 0.25) is 0 Å². The van der Waals surface area contributed by atoms with Gasteiger partial charge in [-0.15, -0.1) is 0 Å². The number of aromatic hydroxyl groups is 1. The second-order valence-corrected chi connectivity index (χ2v) is 13.4. The van der Waals surface area contributed by atoms with Crippen LogP contribution in [0.4, 0.5) is 10.5 Å². The van der Waals surface area contributed by atoms with Gasteiger partial charge in [0.2, 0.25) is 11.8 Å². The summed E-state index contributed by atoms with van der Waals surface area (Å²) < 4.78 is 0.651. The third-order valence-electron chi connectivity index (χ3n) is 8.69. The Morgan fingerprint density at radius 3 is 2.34 bits per heavy atom. The molecule has 1 atom stereocenters. The van der Waals surface area contributed by atoms with Gasteiger partial charge in [-0.25, -0.2) is 4.79 Å². The van der Waals surface area contributed by atoms with Gasteiger partial charge in [0.15, 0.2) is 5.78 Å². The van der Waals surface area contributed by atoms with Gasteiger partial charge < -0.3 is 30.4 Å². The lowest BCUT2D eigenvalue weighted by Gasteiger charge is -2.38. The summed E-state index contributed by atoms with van der Waals surface area (Å²) >= 11 is 6.53. The molecule has 0 aromatic heterocycles. The third-order valence-corrected chi connectivity index (χ3v) is 9.90. The number of carbonyl (C=O) groups is 4. The number of anilines is 1. The van der Waals surface area contributed by atoms with E-state index in [4.69, 9.17) is 0 Å². The largest absolute Gasteiger partial charge is 0.506 e. The van der Waals surface area contributed by atoms with Gasteiger partial charge in [-0.2, -0.15) is 0 Å². The molecule has 3 N–H and O–H groups in total. The van der Waals surface area contributed by atoms with Crippen LogP contribution in [-0.2, 0) is 16.0 Å². The van der Waals surface area contributed by atoms with E-state index in [1.807, 2.05) is 41.1 Å². The average Bonchev–Trinajstić information content (AvgIpc) is 3.18. The smallest absolute Gasteiger partial charge is 0.322 e. The first-order valence-corrected chi connectivity index (χ1v) is 16.5. The van der Waals surface area contributed by atoms with Crippen molar-refractivity contribution >= 4 is 61.2 Å². The van der Waals surface area contributed by atoms with Crippen molar-refractivity contribution in [2.24, 2.45) is 0 Å². The fourth-order valence-corrected chi connectivity index (χ4v) is 7.22. The van der Waals surface area contributed by atoms with Crippen molar-refractivity contribution in [3.8, 4) is 5.75 Å². The molecule has 0 bridgehead atoms. The van der Waals surface area contributed by atoms with E-state index in [0.717, 1.165) is 43.9 Å². The van der Waals surface area contributed by atoms with Crippen molar-refractivity contribution in [2.45, 2.75) is 37.8 Å². The fraction of sp³-hybridized carbons (Fsp3) is 0.484. The number of likely N-dealkylation sites (tertiary alicyclic amines) is 1. The zero-order valence-corrected chi connectivity index (χ0v) is 27.9. The van der Waals surface area contributed by atoms with Gasteiger partial charge in [0, 0.05) is 63.1 Å². The molecule has 3 aliphatic heterocycles. The molecule has 2 saturated heterocycles. The standard InChI is InChI=1S/C31H38Br2N6O5/c1-36-12-14-37(15-13-36)19-27(40)34-26(29(42)21-16-23(32)30(43)24(33)17-21)18-28(41)38-9-7-22(8-10-38)39-11-6-20-4-2-3-5-25(20)35-31(39)44/h2-5,16-17,22,26,43H,6-15,18-19H2,1H3,(H,34,40)(H,35,44). The van der Waals surface area contributed by atoms with Crippen molar-refractivity contribution in [3.05, 3.63) is 56.5 Å². The minimum atomic E-state index is -1.07. The molecule has 13 heteroatoms. The van der Waals surface area contributed by atoms with Crippen molar-refractivity contribution in [2.75, 3.05) is 64.7 Å². The molecule has 2 aromatic rings. The summed E-state index contributed by atoms with van der Waals surface area (Å²) in [4.78, 5) is 61.2. The summed E-state index contributed by atoms with van der Waals surface area (Å²) in [5.74, 6) is -1.00. The second kappa shape index (κ2) is 14.4. The molecule has 11 nitrogen and oxygen atoms in total. The van der Waals surface area contributed by atoms with Crippen LogP contribution in [0.1, 0.15) is 35.2 Å². The molecular formula is C31H38Br2N6O5. The van der Waals surface area contributed by atoms with Crippen molar-refractivity contribution < 1.29 is 24.3 Å². The normalized spacial score (nSPS) is 19.1. The van der Waals surface area contributed by atoms with Crippen LogP contribution in [0.25, 0.3) is 0 Å². The Balaban J connectivity index is 1.22. The number of piperazine rings is 1. The number of piperidine rings is 1. The lowest BCUT2D eigenvalue weighted by molar-refractivity contribution is -0.133. The molecule has 3 aliphatic rings. The zero-order chi connectivity index (χ0) is 31.4. The van der Waals surface area contributed by atoms with Gasteiger partial charge in [-0.1, -0.05) is 18.2 Å². The van der Waals surface area contributed by atoms with Crippen molar-refractivity contribution in [3.63, 3.8) is 0 Å². The Hall–Kier alpha value is -3.00. The number of amides is 4. The highest BCUT2D eigenvalue weighted by Crippen LogP contribution is 2.34. The van der Waals surface area contributed by atoms with Crippen LogP contribution in [0.5, 0.6) is 5.75 Å². The summed E-state index contributed by atoms with van der Waals surface area (Å²) in [6, 6.07) is 9.60. The van der Waals surface area contributed by atoms with Crippen LogP contribution in [0.3, 0.4) is 0 Å². The summed E-state index contributed by atoms with van der Waals surface area (Å²) in [5, 5.41) is 16.0. The van der Waals surface area contributed by atoms with E-state index < -0.39 is 11.8 Å². The van der Waals surface area contributed by atoms with E-state index in [9.17, 15) is 24.3 Å². The molecule has 2 fully saturated rings. The number of Topliss-reactive ketones (excluding diaryl/α,β-unsaturated/α-hetero) is 1. The number of halogens is 2. The Morgan fingerprint density at radius 2 is 1.66 bits per heavy atom. The SMILES string of the molecule is CN1CCN(CC(=O)NC(CC(=O)N2CCC(N3CCc4ccccc4NC3=O)CC2)C(=O)c2cc(Br)c(O)c(Br)c2)CC1. The van der Waals surface area contributed by atoms with Crippen LogP contribution in [0.15, 0.2) is 45.3 Å². The molecule has 2 aromatic carbocycles. The number of rotatable bonds is 8. The maximum atomic E-state index is 13.7. The van der Waals surface area contributed by atoms with Crippen molar-refractivity contribution in [1.29, 1.82) is 0 Å². The first-order valence-electron chi connectivity index (χ1n) is 14.9. The minimum absolute atomic E-state index is 0.000721. The lowest BCUT2D eigenvalue weighted by atomic mass is 9.98. The zero-order valence-electron chi connectivity index (χ0n) is 24.7. The van der Waals surface area contributed by atoms with E-state index >= 15 is 0 Å². The molecular weight excluding hydrogens is 696 g/mol. The van der Waals surface area contributed by atoms with E-state index in [0.29, 0.717) is 41.4 Å². The molecule has 0 aliphatic carbocycles. The maximum Gasteiger partial charge on any atom is 0.322 e. The highest BCUT2D eigenvalue weighted by molar-refractivity contribution is 9.11. The van der Waals surface area contributed by atoms with E-state index in [2.05, 4.69) is 47.4 Å². The van der Waals surface area contributed by atoms with Gasteiger partial charge in [-0.3, -0.25) is 19.3 Å². The molecule has 5 rings (SSSR count). The number of nitrogens with one attached hydrogen (secondary N) is 2. The van der Waals surface area contributed by atoms with E-state index in [1.165, 1.54) is 12.1 Å². The number of ketones is 1. The van der Waals surface area contributed by atoms with Gasteiger partial charge in [-0.05, 0) is 81.9 Å². The number of nitrogens with zero attached hydrogens (tertiary/aromatic N) is 4. The van der Waals surface area contributed by atoms with Gasteiger partial charge in [0.05, 0.1) is 21.9 Å². The predicted octanol–water partition coefficient (Wildman–Crippen LogP) is 3.30. The number of para-hydroxylation sites is 1. The Bertz CT molecular complexity index is 1380. The van der Waals surface area contributed by atoms with Crippen LogP contribution in [0, 0.1) is 0 Å². The number of hydrogen-bond donors (Lipinski definition) is 3. The third kappa shape index (κ3) is 7.79. The quantitative estimate of drug-likeness (QED) is 0.356. The topological polar surface area (TPSA) is 126 Å². The molecule has 44 heavy (non-hydrogen) atoms. The molecule has 3 heterocycles. The lowest BCUT2D eigenvalue weighted by Crippen LogP contribution is -2.53. The second-order valence-electron chi connectivity index (χ2n) is 11.7. The predicted molar refractivity (Wildman–Crippen MR) is 174 cm³/mol. The number of hydrogen-bond acceptors (Lipinski definition) is 7. The van der Waals surface area contributed by atoms with Crippen molar-refractivity contribution in [1.82, 2.24) is 24.9 Å². The first kappa shape index (κ1) is 32.4. The van der Waals surface area contributed by atoms with Crippen LogP contribution >= 0.6 is 31.9 Å². The number of phenolic OH excluding ortho intramolecular Hbond substituents is 1. The van der Waals surface area contributed by atoms with Gasteiger partial charge >= 0.3 is 6.03 Å². The number of phenols is 1. The average molecular weight is 734 g/mol. The first-order chi connectivity index (χ1) is 21.1. The molecule has 1 unspecified atom stereocenters. The van der Waals surface area contributed by atoms with Crippen LogP contribution < -0.4 is 10.6 Å². The summed E-state index contributed by atoms with van der Waals surface area (Å²) in [7, 11) is 2.04. The number of benzene rings is 2. The van der Waals surface area contributed by atoms with E-state index in [1.54, 1.807) is 4.90 Å². The molecule has 0 radical (unpaired) electrons. The Kier molecular flexibility index (Phi) is 10.6. The monoisotopic (exact) mass is 732 g/mol. The number of urea groups is 1. The Labute approximate surface area is 274 Å². The summed E-state index contributed by atoms with van der Waals surface area (Å²) in [6.07, 6.45) is 1.83. The van der Waals surface area contributed by atoms with Gasteiger partial charge in [0.1, 0.15) is 11.8 Å². The van der Waals surface area contributed by atoms with Crippen LogP contribution in [-0.4, -0.2) is 120 Å². The fourth-order valence-electron chi connectivity index (χ4n) is 6.04. The molecule has 0 spiro atoms. The van der Waals surface area contributed by atoms with E-state index in [-0.39, 0.29) is 48.2 Å². The molecule has 0 saturated carbocycles. The number of carbonyl (C=O) groups excluding carboxylic acids is 4. The molecule has 4 amide bonds.